The van der Waals surface area contributed by atoms with Crippen molar-refractivity contribution in [2.24, 2.45) is 5.92 Å². The van der Waals surface area contributed by atoms with E-state index < -0.39 is 0 Å². The summed E-state index contributed by atoms with van der Waals surface area (Å²) in [6.07, 6.45) is 2.51. The minimum atomic E-state index is 0.838. The Bertz CT molecular complexity index is 75.3. The maximum Gasteiger partial charge on any atom is -0.00263 e. The highest BCUT2D eigenvalue weighted by molar-refractivity contribution is 4.49. The molecule has 3 N–H and O–H groups in total. The van der Waals surface area contributed by atoms with Crippen molar-refractivity contribution in [1.82, 2.24) is 16.0 Å². The monoisotopic (exact) mass is 219 g/mol. The van der Waals surface area contributed by atoms with Crippen LogP contribution >= 0.6 is 0 Å². The van der Waals surface area contributed by atoms with Crippen molar-refractivity contribution in [3.05, 3.63) is 0 Å². The van der Waals surface area contributed by atoms with E-state index in [1.54, 1.807) is 0 Å². The average molecular weight is 219 g/mol. The van der Waals surface area contributed by atoms with Crippen molar-refractivity contribution in [2.75, 3.05) is 41.3 Å². The third-order valence-electron chi connectivity index (χ3n) is 1.75. The van der Waals surface area contributed by atoms with E-state index in [0.29, 0.717) is 0 Å². The van der Waals surface area contributed by atoms with Crippen LogP contribution in [0.15, 0.2) is 0 Å². The van der Waals surface area contributed by atoms with E-state index in [9.17, 15) is 0 Å². The first kappa shape index (κ1) is 20.3. The van der Waals surface area contributed by atoms with Crippen LogP contribution in [-0.2, 0) is 0 Å². The van der Waals surface area contributed by atoms with Crippen molar-refractivity contribution in [3.8, 4) is 0 Å². The lowest BCUT2D eigenvalue weighted by molar-refractivity contribution is 0.528. The highest BCUT2D eigenvalue weighted by Gasteiger charge is 1.91. The molecule has 0 spiro atoms. The van der Waals surface area contributed by atoms with Gasteiger partial charge in [0.05, 0.1) is 0 Å². The molecule has 96 valence electrons. The lowest BCUT2D eigenvalue weighted by atomic mass is 10.1. The summed E-state index contributed by atoms with van der Waals surface area (Å²) in [4.78, 5) is 0. The highest BCUT2D eigenvalue weighted by Crippen LogP contribution is 1.95. The molecule has 0 saturated heterocycles. The number of hydrogen-bond acceptors (Lipinski definition) is 3. The third-order valence-corrected chi connectivity index (χ3v) is 1.75. The van der Waals surface area contributed by atoms with Gasteiger partial charge in [-0.25, -0.2) is 0 Å². The Hall–Kier alpha value is -0.120. The van der Waals surface area contributed by atoms with Crippen molar-refractivity contribution >= 4 is 0 Å². The molecule has 0 fully saturated rings. The van der Waals surface area contributed by atoms with Crippen LogP contribution in [0.5, 0.6) is 0 Å². The van der Waals surface area contributed by atoms with Gasteiger partial charge in [0.2, 0.25) is 0 Å². The molecule has 0 aliphatic carbocycles. The molecule has 3 heteroatoms. The first-order valence-corrected chi connectivity index (χ1v) is 6.02. The van der Waals surface area contributed by atoms with Gasteiger partial charge in [0.15, 0.2) is 0 Å². The summed E-state index contributed by atoms with van der Waals surface area (Å²) in [5, 5.41) is 8.89. The molecule has 0 rings (SSSR count). The maximum atomic E-state index is 3.12. The zero-order valence-corrected chi connectivity index (χ0v) is 11.9. The van der Waals surface area contributed by atoms with Gasteiger partial charge in [-0.05, 0) is 53.6 Å². The zero-order valence-electron chi connectivity index (χ0n) is 11.9. The fraction of sp³-hybridized carbons (Fsp3) is 1.00. The van der Waals surface area contributed by atoms with Crippen LogP contribution in [-0.4, -0.2) is 41.3 Å². The van der Waals surface area contributed by atoms with Crippen LogP contribution in [0.1, 0.15) is 33.6 Å². The van der Waals surface area contributed by atoms with Gasteiger partial charge in [-0.3, -0.25) is 0 Å². The first-order chi connectivity index (χ1) is 7.14. The molecular formula is C12H33N3. The zero-order chi connectivity index (χ0) is 12.5. The Morgan fingerprint density at radius 1 is 0.933 bits per heavy atom. The lowest BCUT2D eigenvalue weighted by Gasteiger charge is -2.04. The molecule has 0 saturated carbocycles. The van der Waals surface area contributed by atoms with Crippen LogP contribution in [0, 0.1) is 5.92 Å². The van der Waals surface area contributed by atoms with Crippen LogP contribution in [0.25, 0.3) is 0 Å². The number of hydrogen-bond donors (Lipinski definition) is 3. The van der Waals surface area contributed by atoms with Gasteiger partial charge in [0.25, 0.3) is 0 Å². The van der Waals surface area contributed by atoms with E-state index in [1.807, 2.05) is 28.2 Å². The Morgan fingerprint density at radius 3 is 1.47 bits per heavy atom. The molecule has 0 radical (unpaired) electrons. The van der Waals surface area contributed by atoms with E-state index in [2.05, 4.69) is 36.7 Å². The highest BCUT2D eigenvalue weighted by atomic mass is 14.8. The van der Waals surface area contributed by atoms with E-state index in [0.717, 1.165) is 19.0 Å². The summed E-state index contributed by atoms with van der Waals surface area (Å²) < 4.78 is 0. The molecule has 0 heterocycles. The molecule has 0 aromatic rings. The van der Waals surface area contributed by atoms with Crippen molar-refractivity contribution < 1.29 is 0 Å². The summed E-state index contributed by atoms with van der Waals surface area (Å²) >= 11 is 0. The molecule has 0 aromatic heterocycles. The Kier molecular flexibility index (Phi) is 31.9. The molecule has 15 heavy (non-hydrogen) atoms. The SMILES string of the molecule is CCC(C)CNC.CCCNC.CNC. The smallest absolute Gasteiger partial charge is 0.00263 e. The molecule has 1 atom stereocenters. The van der Waals surface area contributed by atoms with E-state index >= 15 is 0 Å². The topological polar surface area (TPSA) is 36.1 Å². The number of rotatable bonds is 5. The molecule has 0 amide bonds. The summed E-state index contributed by atoms with van der Waals surface area (Å²) in [5.74, 6) is 0.838. The summed E-state index contributed by atoms with van der Waals surface area (Å²) in [6, 6.07) is 0. The third kappa shape index (κ3) is 41.4. The van der Waals surface area contributed by atoms with Gasteiger partial charge < -0.3 is 16.0 Å². The van der Waals surface area contributed by atoms with Gasteiger partial charge in [-0.1, -0.05) is 27.2 Å². The lowest BCUT2D eigenvalue weighted by Crippen LogP contribution is -2.14. The van der Waals surface area contributed by atoms with Crippen molar-refractivity contribution in [2.45, 2.75) is 33.6 Å². The largest absolute Gasteiger partial charge is 0.323 e. The molecule has 1 unspecified atom stereocenters. The average Bonchev–Trinajstić information content (AvgIpc) is 2.21. The van der Waals surface area contributed by atoms with Gasteiger partial charge >= 0.3 is 0 Å². The van der Waals surface area contributed by atoms with Crippen molar-refractivity contribution in [1.29, 1.82) is 0 Å². The predicted molar refractivity (Wildman–Crippen MR) is 72.6 cm³/mol. The maximum absolute atomic E-state index is 3.12. The summed E-state index contributed by atoms with van der Waals surface area (Å²) in [7, 11) is 7.70. The fourth-order valence-electron chi connectivity index (χ4n) is 0.743. The van der Waals surface area contributed by atoms with Crippen molar-refractivity contribution in [3.63, 3.8) is 0 Å². The summed E-state index contributed by atoms with van der Waals surface area (Å²) in [6.45, 7) is 8.89. The normalized spacial score (nSPS) is 10.6. The van der Waals surface area contributed by atoms with Crippen LogP contribution in [0.3, 0.4) is 0 Å². The molecule has 3 nitrogen and oxygen atoms in total. The molecule has 0 aromatic carbocycles. The predicted octanol–water partition coefficient (Wildman–Crippen LogP) is 1.70. The molecule has 0 aliphatic heterocycles. The van der Waals surface area contributed by atoms with Gasteiger partial charge in [-0.2, -0.15) is 0 Å². The number of nitrogens with one attached hydrogen (secondary N) is 3. The minimum absolute atomic E-state index is 0.838. The van der Waals surface area contributed by atoms with Crippen LogP contribution < -0.4 is 16.0 Å². The summed E-state index contributed by atoms with van der Waals surface area (Å²) in [5.41, 5.74) is 0. The van der Waals surface area contributed by atoms with Crippen LogP contribution in [0.2, 0.25) is 0 Å². The fourth-order valence-corrected chi connectivity index (χ4v) is 0.743. The van der Waals surface area contributed by atoms with E-state index in [-0.39, 0.29) is 0 Å². The van der Waals surface area contributed by atoms with Crippen LogP contribution in [0.4, 0.5) is 0 Å². The molecular weight excluding hydrogens is 186 g/mol. The van der Waals surface area contributed by atoms with Gasteiger partial charge in [-0.15, -0.1) is 0 Å². The van der Waals surface area contributed by atoms with Gasteiger partial charge in [0, 0.05) is 0 Å². The molecule has 0 bridgehead atoms. The Labute approximate surface area is 97.4 Å². The minimum Gasteiger partial charge on any atom is -0.323 e. The standard InChI is InChI=1S/C6H15N.C4H11N.C2H7N/c1-4-6(2)5-7-3;1-3-4-5-2;1-3-2/h6-7H,4-5H2,1-3H3;5H,3-4H2,1-2H3;3H,1-2H3. The second-order valence-corrected chi connectivity index (χ2v) is 3.67. The van der Waals surface area contributed by atoms with Gasteiger partial charge in [0.1, 0.15) is 0 Å². The first-order valence-electron chi connectivity index (χ1n) is 6.02. The second-order valence-electron chi connectivity index (χ2n) is 3.67. The Balaban J connectivity index is -0.000000158. The molecule has 0 aliphatic rings. The Morgan fingerprint density at radius 2 is 1.40 bits per heavy atom. The quantitative estimate of drug-likeness (QED) is 0.659. The van der Waals surface area contributed by atoms with E-state index in [1.165, 1.54) is 12.8 Å². The second kappa shape index (κ2) is 23.6. The van der Waals surface area contributed by atoms with E-state index in [4.69, 9.17) is 0 Å².